The van der Waals surface area contributed by atoms with Gasteiger partial charge in [0.2, 0.25) is 0 Å². The molecule has 3 rings (SSSR count). The van der Waals surface area contributed by atoms with Gasteiger partial charge >= 0.3 is 0 Å². The van der Waals surface area contributed by atoms with Crippen molar-refractivity contribution in [3.8, 4) is 0 Å². The highest BCUT2D eigenvalue weighted by Gasteiger charge is 2.29. The summed E-state index contributed by atoms with van der Waals surface area (Å²) in [6.07, 6.45) is 5.48. The average Bonchev–Trinajstić information content (AvgIpc) is 3.15. The van der Waals surface area contributed by atoms with Crippen LogP contribution in [0.5, 0.6) is 0 Å². The van der Waals surface area contributed by atoms with Crippen LogP contribution >= 0.6 is 11.8 Å². The number of amides is 1. The molecule has 1 aliphatic carbocycles. The summed E-state index contributed by atoms with van der Waals surface area (Å²) in [6.45, 7) is 0.799. The maximum Gasteiger partial charge on any atom is 0.267 e. The molecule has 1 N–H and O–H groups in total. The van der Waals surface area contributed by atoms with E-state index in [4.69, 9.17) is 0 Å². The molecule has 114 valence electrons. The van der Waals surface area contributed by atoms with Crippen molar-refractivity contribution in [1.29, 1.82) is 0 Å². The van der Waals surface area contributed by atoms with Crippen LogP contribution in [0, 0.1) is 0 Å². The van der Waals surface area contributed by atoms with Gasteiger partial charge in [0.1, 0.15) is 5.56 Å². The van der Waals surface area contributed by atoms with Crippen molar-refractivity contribution in [2.75, 3.05) is 18.9 Å². The lowest BCUT2D eigenvalue weighted by atomic mass is 10.1. The number of fused-ring (bicyclic) bond motifs is 1. The molecule has 0 unspecified atom stereocenters. The van der Waals surface area contributed by atoms with Crippen molar-refractivity contribution in [1.82, 2.24) is 14.5 Å². The van der Waals surface area contributed by atoms with E-state index in [-0.39, 0.29) is 36.2 Å². The van der Waals surface area contributed by atoms with Crippen LogP contribution in [0.15, 0.2) is 16.1 Å². The fraction of sp³-hybridized carbons (Fsp3) is 0.643. The third-order valence-corrected chi connectivity index (χ3v) is 5.12. The summed E-state index contributed by atoms with van der Waals surface area (Å²) >= 11 is 1.53. The zero-order chi connectivity index (χ0) is 14.8. The number of aliphatic hydroxyl groups excluding tert-OH is 1. The zero-order valence-electron chi connectivity index (χ0n) is 11.8. The maximum atomic E-state index is 12.7. The van der Waals surface area contributed by atoms with Crippen molar-refractivity contribution in [2.45, 2.75) is 43.4 Å². The van der Waals surface area contributed by atoms with Crippen LogP contribution in [0.4, 0.5) is 0 Å². The summed E-state index contributed by atoms with van der Waals surface area (Å²) in [5, 5.41) is 9.91. The highest BCUT2D eigenvalue weighted by Crippen LogP contribution is 2.25. The first kappa shape index (κ1) is 14.6. The Morgan fingerprint density at radius 2 is 2.24 bits per heavy atom. The van der Waals surface area contributed by atoms with Gasteiger partial charge in [0, 0.05) is 31.1 Å². The Kier molecular flexibility index (Phi) is 4.30. The van der Waals surface area contributed by atoms with Gasteiger partial charge < -0.3 is 10.0 Å². The van der Waals surface area contributed by atoms with Gasteiger partial charge in [-0.2, -0.15) is 0 Å². The van der Waals surface area contributed by atoms with Gasteiger partial charge in [-0.25, -0.2) is 4.98 Å². The van der Waals surface area contributed by atoms with Crippen molar-refractivity contribution in [3.05, 3.63) is 22.1 Å². The Labute approximate surface area is 127 Å². The number of carbonyl (C=O) groups excluding carboxylic acids is 1. The van der Waals surface area contributed by atoms with E-state index in [0.717, 1.165) is 31.4 Å². The number of aliphatic hydroxyl groups is 1. The number of hydrogen-bond acceptors (Lipinski definition) is 5. The Morgan fingerprint density at radius 3 is 2.95 bits per heavy atom. The summed E-state index contributed by atoms with van der Waals surface area (Å²) in [5.41, 5.74) is -0.127. The van der Waals surface area contributed by atoms with E-state index < -0.39 is 0 Å². The molecule has 1 aliphatic heterocycles. The van der Waals surface area contributed by atoms with Crippen molar-refractivity contribution in [3.63, 3.8) is 0 Å². The Morgan fingerprint density at radius 1 is 1.48 bits per heavy atom. The van der Waals surface area contributed by atoms with Crippen molar-refractivity contribution in [2.24, 2.45) is 0 Å². The largest absolute Gasteiger partial charge is 0.395 e. The predicted molar refractivity (Wildman–Crippen MR) is 79.6 cm³/mol. The molecule has 0 spiro atoms. The van der Waals surface area contributed by atoms with Gasteiger partial charge in [-0.3, -0.25) is 14.2 Å². The molecule has 7 heteroatoms. The first-order chi connectivity index (χ1) is 10.2. The first-order valence-electron chi connectivity index (χ1n) is 7.37. The van der Waals surface area contributed by atoms with Crippen LogP contribution in [0.1, 0.15) is 36.0 Å². The second-order valence-electron chi connectivity index (χ2n) is 5.42. The molecule has 0 aromatic carbocycles. The van der Waals surface area contributed by atoms with E-state index in [1.807, 2.05) is 0 Å². The first-order valence-corrected chi connectivity index (χ1v) is 8.35. The molecule has 21 heavy (non-hydrogen) atoms. The van der Waals surface area contributed by atoms with Crippen LogP contribution in [-0.2, 0) is 6.54 Å². The fourth-order valence-electron chi connectivity index (χ4n) is 3.09. The summed E-state index contributed by atoms with van der Waals surface area (Å²) in [4.78, 5) is 31.0. The smallest absolute Gasteiger partial charge is 0.267 e. The molecule has 1 fully saturated rings. The molecule has 6 nitrogen and oxygen atoms in total. The van der Waals surface area contributed by atoms with Crippen LogP contribution in [0.25, 0.3) is 0 Å². The molecule has 0 radical (unpaired) electrons. The van der Waals surface area contributed by atoms with Gasteiger partial charge in [-0.15, -0.1) is 0 Å². The second-order valence-corrected chi connectivity index (χ2v) is 6.48. The van der Waals surface area contributed by atoms with Crippen LogP contribution < -0.4 is 5.56 Å². The van der Waals surface area contributed by atoms with Gasteiger partial charge in [-0.05, 0) is 12.8 Å². The molecule has 1 saturated carbocycles. The SMILES string of the molecule is O=C(c1cnc2n(c1=O)CCS2)N(CCO)C1CCCC1. The Bertz CT molecular complexity index is 596. The van der Waals surface area contributed by atoms with Crippen LogP contribution in [0.2, 0.25) is 0 Å². The Balaban J connectivity index is 1.91. The lowest BCUT2D eigenvalue weighted by Gasteiger charge is -2.28. The topological polar surface area (TPSA) is 75.4 Å². The molecule has 1 aromatic rings. The number of rotatable bonds is 4. The van der Waals surface area contributed by atoms with E-state index in [0.29, 0.717) is 11.7 Å². The molecule has 0 bridgehead atoms. The molecule has 1 amide bonds. The quantitative estimate of drug-likeness (QED) is 0.830. The number of thioether (sulfide) groups is 1. The monoisotopic (exact) mass is 309 g/mol. The Hall–Kier alpha value is -1.34. The van der Waals surface area contributed by atoms with Gasteiger partial charge in [-0.1, -0.05) is 24.6 Å². The van der Waals surface area contributed by atoms with E-state index >= 15 is 0 Å². The highest BCUT2D eigenvalue weighted by atomic mass is 32.2. The summed E-state index contributed by atoms with van der Waals surface area (Å²) in [7, 11) is 0. The highest BCUT2D eigenvalue weighted by molar-refractivity contribution is 7.99. The minimum absolute atomic E-state index is 0.0855. The predicted octanol–water partition coefficient (Wildman–Crippen LogP) is 0.726. The van der Waals surface area contributed by atoms with E-state index in [1.54, 1.807) is 9.47 Å². The number of nitrogens with zero attached hydrogens (tertiary/aromatic N) is 3. The molecule has 2 heterocycles. The number of aromatic nitrogens is 2. The normalized spacial score (nSPS) is 18.0. The number of hydrogen-bond donors (Lipinski definition) is 1. The lowest BCUT2D eigenvalue weighted by Crippen LogP contribution is -2.43. The maximum absolute atomic E-state index is 12.7. The standard InChI is InChI=1S/C14H19N3O3S/c18-7-5-16(10-3-1-2-4-10)12(19)11-9-15-14-17(13(11)20)6-8-21-14/h9-10,18H,1-8H2. The van der Waals surface area contributed by atoms with Crippen molar-refractivity contribution < 1.29 is 9.90 Å². The second kappa shape index (κ2) is 6.19. The fourth-order valence-corrected chi connectivity index (χ4v) is 4.01. The lowest BCUT2D eigenvalue weighted by molar-refractivity contribution is 0.0634. The zero-order valence-corrected chi connectivity index (χ0v) is 12.6. The van der Waals surface area contributed by atoms with Crippen molar-refractivity contribution >= 4 is 17.7 Å². The van der Waals surface area contributed by atoms with E-state index in [1.165, 1.54) is 18.0 Å². The molecule has 1 aromatic heterocycles. The van der Waals surface area contributed by atoms with Gasteiger partial charge in [0.25, 0.3) is 11.5 Å². The van der Waals surface area contributed by atoms with Crippen LogP contribution in [-0.4, -0.2) is 50.4 Å². The summed E-state index contributed by atoms with van der Waals surface area (Å²) in [6, 6.07) is 0.136. The van der Waals surface area contributed by atoms with Crippen LogP contribution in [0.3, 0.4) is 0 Å². The minimum atomic E-state index is -0.291. The molecule has 0 saturated heterocycles. The molecular weight excluding hydrogens is 290 g/mol. The third-order valence-electron chi connectivity index (χ3n) is 4.15. The number of carbonyl (C=O) groups is 1. The summed E-state index contributed by atoms with van der Waals surface area (Å²) < 4.78 is 1.57. The third kappa shape index (κ3) is 2.72. The van der Waals surface area contributed by atoms with Gasteiger partial charge in [0.05, 0.1) is 6.61 Å². The molecule has 2 aliphatic rings. The van der Waals surface area contributed by atoms with Gasteiger partial charge in [0.15, 0.2) is 5.16 Å². The molecule has 0 atom stereocenters. The average molecular weight is 309 g/mol. The van der Waals surface area contributed by atoms with E-state index in [2.05, 4.69) is 4.98 Å². The summed E-state index contributed by atoms with van der Waals surface area (Å²) in [5.74, 6) is 0.531. The van der Waals surface area contributed by atoms with E-state index in [9.17, 15) is 14.7 Å². The minimum Gasteiger partial charge on any atom is -0.395 e. The molecular formula is C14H19N3O3S.